The molecule has 0 saturated carbocycles. The van der Waals surface area contributed by atoms with Gasteiger partial charge in [-0.15, -0.1) is 0 Å². The highest BCUT2D eigenvalue weighted by Gasteiger charge is 2.16. The number of carboxylic acid groups (broad SMARTS) is 1. The molecule has 0 fully saturated rings. The van der Waals surface area contributed by atoms with Crippen molar-refractivity contribution in [3.05, 3.63) is 53.6 Å². The molecule has 0 aliphatic heterocycles. The summed E-state index contributed by atoms with van der Waals surface area (Å²) in [5.74, 6) is -2.70. The maximum Gasteiger partial charge on any atom is 0.340 e. The van der Waals surface area contributed by atoms with Crippen molar-refractivity contribution in [1.82, 2.24) is 4.98 Å². The Morgan fingerprint density at radius 2 is 2.00 bits per heavy atom. The Bertz CT molecular complexity index is 685. The summed E-state index contributed by atoms with van der Waals surface area (Å²) < 4.78 is 18.0. The quantitative estimate of drug-likeness (QED) is 0.870. The monoisotopic (exact) mass is 275 g/mol. The third kappa shape index (κ3) is 2.49. The molecule has 0 aliphatic rings. The highest BCUT2D eigenvalue weighted by molar-refractivity contribution is 5.97. The van der Waals surface area contributed by atoms with E-state index in [4.69, 9.17) is 5.11 Å². The number of nitrogens with zero attached hydrogens (tertiary/aromatic N) is 1. The van der Waals surface area contributed by atoms with Crippen LogP contribution in [0.5, 0.6) is 0 Å². The van der Waals surface area contributed by atoms with Gasteiger partial charge in [0.15, 0.2) is 0 Å². The fourth-order valence-electron chi connectivity index (χ4n) is 1.77. The van der Waals surface area contributed by atoms with Gasteiger partial charge in [-0.05, 0) is 23.8 Å². The summed E-state index contributed by atoms with van der Waals surface area (Å²) in [6.45, 7) is 0. The van der Waals surface area contributed by atoms with Crippen molar-refractivity contribution in [3.63, 3.8) is 0 Å². The van der Waals surface area contributed by atoms with Crippen molar-refractivity contribution in [2.24, 2.45) is 0 Å². The normalized spacial score (nSPS) is 10.1. The summed E-state index contributed by atoms with van der Waals surface area (Å²) >= 11 is 0. The van der Waals surface area contributed by atoms with Gasteiger partial charge in [0, 0.05) is 18.0 Å². The van der Waals surface area contributed by atoms with Crippen molar-refractivity contribution < 1.29 is 23.8 Å². The van der Waals surface area contributed by atoms with Crippen molar-refractivity contribution in [1.29, 1.82) is 0 Å². The van der Waals surface area contributed by atoms with Crippen LogP contribution in [0.3, 0.4) is 0 Å². The van der Waals surface area contributed by atoms with Crippen LogP contribution in [0.25, 0.3) is 11.1 Å². The van der Waals surface area contributed by atoms with Gasteiger partial charge < -0.3 is 9.84 Å². The zero-order chi connectivity index (χ0) is 14.7. The van der Waals surface area contributed by atoms with Crippen LogP contribution < -0.4 is 0 Å². The highest BCUT2D eigenvalue weighted by Crippen LogP contribution is 2.25. The Kier molecular flexibility index (Phi) is 3.74. The van der Waals surface area contributed by atoms with Crippen LogP contribution in [0.2, 0.25) is 0 Å². The Hall–Kier alpha value is -2.76. The minimum Gasteiger partial charge on any atom is -0.478 e. The fourth-order valence-corrected chi connectivity index (χ4v) is 1.77. The number of rotatable bonds is 3. The van der Waals surface area contributed by atoms with Gasteiger partial charge in [0.25, 0.3) is 0 Å². The van der Waals surface area contributed by atoms with Crippen LogP contribution in [0.4, 0.5) is 4.39 Å². The van der Waals surface area contributed by atoms with Crippen molar-refractivity contribution in [2.45, 2.75) is 0 Å². The first-order valence-electron chi connectivity index (χ1n) is 5.60. The van der Waals surface area contributed by atoms with Crippen LogP contribution in [0, 0.1) is 5.82 Å². The molecule has 1 aromatic heterocycles. The van der Waals surface area contributed by atoms with Gasteiger partial charge in [-0.2, -0.15) is 0 Å². The average molecular weight is 275 g/mol. The second kappa shape index (κ2) is 5.48. The number of halogens is 1. The van der Waals surface area contributed by atoms with E-state index in [-0.39, 0.29) is 11.1 Å². The van der Waals surface area contributed by atoms with Gasteiger partial charge in [-0.1, -0.05) is 6.07 Å². The smallest absolute Gasteiger partial charge is 0.340 e. The lowest BCUT2D eigenvalue weighted by atomic mass is 10.00. The predicted octanol–water partition coefficient (Wildman–Crippen LogP) is 2.37. The minimum absolute atomic E-state index is 0.0161. The topological polar surface area (TPSA) is 76.5 Å². The van der Waals surface area contributed by atoms with E-state index in [0.717, 1.165) is 13.2 Å². The Morgan fingerprint density at radius 3 is 2.65 bits per heavy atom. The van der Waals surface area contributed by atoms with Crippen molar-refractivity contribution >= 4 is 11.9 Å². The number of hydrogen-bond donors (Lipinski definition) is 1. The molecule has 2 aromatic rings. The maximum absolute atomic E-state index is 13.5. The highest BCUT2D eigenvalue weighted by atomic mass is 19.1. The molecule has 1 heterocycles. The number of carbonyl (C=O) groups excluding carboxylic acids is 1. The summed E-state index contributed by atoms with van der Waals surface area (Å²) in [6.07, 6.45) is 2.69. The molecule has 0 unspecified atom stereocenters. The summed E-state index contributed by atoms with van der Waals surface area (Å²) in [5.41, 5.74) is 0.426. The number of aromatic carboxylic acids is 1. The fraction of sp³-hybridized carbons (Fsp3) is 0.0714. The molecule has 5 nitrogen and oxygen atoms in total. The van der Waals surface area contributed by atoms with Crippen LogP contribution in [0.15, 0.2) is 36.7 Å². The molecule has 2 rings (SSSR count). The zero-order valence-electron chi connectivity index (χ0n) is 10.5. The molecular formula is C14H10FNO4. The number of aromatic nitrogens is 1. The number of benzene rings is 1. The molecule has 0 aliphatic carbocycles. The largest absolute Gasteiger partial charge is 0.478 e. The van der Waals surface area contributed by atoms with E-state index in [1.807, 2.05) is 0 Å². The number of esters is 1. The van der Waals surface area contributed by atoms with E-state index in [9.17, 15) is 14.0 Å². The van der Waals surface area contributed by atoms with Gasteiger partial charge in [0.05, 0.1) is 18.2 Å². The SMILES string of the molecule is COC(=O)c1cc(-c2cnccc2C(=O)O)ccc1F. The summed E-state index contributed by atoms with van der Waals surface area (Å²) in [5, 5.41) is 9.11. The molecule has 0 amide bonds. The molecule has 0 atom stereocenters. The Morgan fingerprint density at radius 1 is 1.25 bits per heavy atom. The number of ether oxygens (including phenoxy) is 1. The summed E-state index contributed by atoms with van der Waals surface area (Å²) in [7, 11) is 1.14. The molecule has 1 N–H and O–H groups in total. The molecule has 6 heteroatoms. The second-order valence-corrected chi connectivity index (χ2v) is 3.91. The van der Waals surface area contributed by atoms with Gasteiger partial charge in [0.1, 0.15) is 5.82 Å². The van der Waals surface area contributed by atoms with E-state index in [0.29, 0.717) is 11.1 Å². The number of carboxylic acids is 1. The first-order chi connectivity index (χ1) is 9.54. The van der Waals surface area contributed by atoms with E-state index >= 15 is 0 Å². The maximum atomic E-state index is 13.5. The standard InChI is InChI=1S/C14H10FNO4/c1-20-14(19)10-6-8(2-3-12(10)15)11-7-16-5-4-9(11)13(17)18/h2-7H,1H3,(H,17,18). The second-order valence-electron chi connectivity index (χ2n) is 3.91. The molecule has 102 valence electrons. The number of methoxy groups -OCH3 is 1. The predicted molar refractivity (Wildman–Crippen MR) is 67.9 cm³/mol. The third-order valence-electron chi connectivity index (χ3n) is 2.73. The van der Waals surface area contributed by atoms with Crippen LogP contribution in [-0.4, -0.2) is 29.1 Å². The van der Waals surface area contributed by atoms with E-state index < -0.39 is 17.8 Å². The lowest BCUT2D eigenvalue weighted by molar-refractivity contribution is 0.0594. The number of hydrogen-bond acceptors (Lipinski definition) is 4. The molecule has 20 heavy (non-hydrogen) atoms. The van der Waals surface area contributed by atoms with Crippen molar-refractivity contribution in [2.75, 3.05) is 7.11 Å². The molecule has 0 radical (unpaired) electrons. The van der Waals surface area contributed by atoms with E-state index in [1.165, 1.54) is 30.6 Å². The number of pyridine rings is 1. The van der Waals surface area contributed by atoms with Gasteiger partial charge in [-0.3, -0.25) is 4.98 Å². The number of carbonyl (C=O) groups is 2. The Labute approximate surface area is 113 Å². The lowest BCUT2D eigenvalue weighted by Gasteiger charge is -2.08. The summed E-state index contributed by atoms with van der Waals surface area (Å²) in [4.78, 5) is 26.4. The first-order valence-corrected chi connectivity index (χ1v) is 5.60. The minimum atomic E-state index is -1.13. The van der Waals surface area contributed by atoms with Crippen LogP contribution in [-0.2, 0) is 4.74 Å². The molecular weight excluding hydrogens is 265 g/mol. The molecule has 0 saturated heterocycles. The van der Waals surface area contributed by atoms with Gasteiger partial charge >= 0.3 is 11.9 Å². The van der Waals surface area contributed by atoms with Crippen LogP contribution >= 0.6 is 0 Å². The average Bonchev–Trinajstić information content (AvgIpc) is 2.47. The molecule has 0 bridgehead atoms. The first kappa shape index (κ1) is 13.7. The van der Waals surface area contributed by atoms with Gasteiger partial charge in [0.2, 0.25) is 0 Å². The van der Waals surface area contributed by atoms with Crippen LogP contribution in [0.1, 0.15) is 20.7 Å². The zero-order valence-corrected chi connectivity index (χ0v) is 10.5. The molecule has 1 aromatic carbocycles. The van der Waals surface area contributed by atoms with E-state index in [2.05, 4.69) is 9.72 Å². The lowest BCUT2D eigenvalue weighted by Crippen LogP contribution is -2.05. The van der Waals surface area contributed by atoms with Gasteiger partial charge in [-0.25, -0.2) is 14.0 Å². The summed E-state index contributed by atoms with van der Waals surface area (Å²) in [6, 6.07) is 5.04. The Balaban J connectivity index is 2.60. The van der Waals surface area contributed by atoms with E-state index in [1.54, 1.807) is 0 Å². The van der Waals surface area contributed by atoms with Crippen molar-refractivity contribution in [3.8, 4) is 11.1 Å². The third-order valence-corrected chi connectivity index (χ3v) is 2.73. The molecule has 0 spiro atoms.